The number of aromatic amines is 1. The fourth-order valence-electron chi connectivity index (χ4n) is 2.45. The van der Waals surface area contributed by atoms with Crippen molar-refractivity contribution in [2.45, 2.75) is 52.4 Å². The minimum absolute atomic E-state index is 0.320. The van der Waals surface area contributed by atoms with Crippen LogP contribution in [0.15, 0.2) is 18.5 Å². The number of rotatable bonds is 8. The summed E-state index contributed by atoms with van der Waals surface area (Å²) in [6.07, 6.45) is 9.06. The molecule has 0 aliphatic rings. The average molecular weight is 304 g/mol. The van der Waals surface area contributed by atoms with Gasteiger partial charge in [-0.1, -0.05) is 39.5 Å². The van der Waals surface area contributed by atoms with Crippen LogP contribution in [0, 0.1) is 0 Å². The summed E-state index contributed by atoms with van der Waals surface area (Å²) in [5, 5.41) is 0.868. The predicted molar refractivity (Wildman–Crippen MR) is 86.2 cm³/mol. The van der Waals surface area contributed by atoms with Gasteiger partial charge < -0.3 is 14.5 Å². The molecule has 0 aliphatic carbocycles. The van der Waals surface area contributed by atoms with Crippen LogP contribution in [0.2, 0.25) is 0 Å². The molecule has 0 bridgehead atoms. The highest BCUT2D eigenvalue weighted by molar-refractivity contribution is 5.89. The van der Waals surface area contributed by atoms with Gasteiger partial charge in [0, 0.05) is 12.4 Å². The van der Waals surface area contributed by atoms with Crippen LogP contribution in [0.4, 0.5) is 4.79 Å². The molecule has 2 aromatic heterocycles. The highest BCUT2D eigenvalue weighted by atomic mass is 16.7. The van der Waals surface area contributed by atoms with Crippen molar-refractivity contribution >= 4 is 17.1 Å². The normalized spacial score (nSPS) is 10.8. The standard InChI is InChI=1S/C17H24N2O3/c1-3-5-6-7-11-21-17(20)22-16-15-13(8-4-2)12-19-14(15)9-10-18-16/h9-10,12,19H,3-8,11H2,1-2H3. The van der Waals surface area contributed by atoms with Gasteiger partial charge in [0.2, 0.25) is 5.88 Å². The van der Waals surface area contributed by atoms with Gasteiger partial charge in [-0.25, -0.2) is 9.78 Å². The fourth-order valence-corrected chi connectivity index (χ4v) is 2.45. The molecule has 2 aromatic rings. The van der Waals surface area contributed by atoms with Crippen LogP contribution < -0.4 is 4.74 Å². The molecule has 0 atom stereocenters. The van der Waals surface area contributed by atoms with Gasteiger partial charge in [0.05, 0.1) is 17.5 Å². The van der Waals surface area contributed by atoms with E-state index in [0.717, 1.165) is 55.0 Å². The lowest BCUT2D eigenvalue weighted by Gasteiger charge is -2.07. The zero-order chi connectivity index (χ0) is 15.8. The maximum Gasteiger partial charge on any atom is 0.515 e. The Hall–Kier alpha value is -2.04. The van der Waals surface area contributed by atoms with Crippen molar-refractivity contribution in [1.82, 2.24) is 9.97 Å². The predicted octanol–water partition coefficient (Wildman–Crippen LogP) is 4.61. The minimum atomic E-state index is -0.680. The van der Waals surface area contributed by atoms with Gasteiger partial charge in [-0.3, -0.25) is 0 Å². The van der Waals surface area contributed by atoms with Crippen LogP contribution in [-0.4, -0.2) is 22.7 Å². The number of nitrogens with zero attached hydrogens (tertiary/aromatic N) is 1. The van der Waals surface area contributed by atoms with Crippen LogP contribution in [0.25, 0.3) is 10.9 Å². The van der Waals surface area contributed by atoms with E-state index in [1.807, 2.05) is 12.3 Å². The lowest BCUT2D eigenvalue weighted by Crippen LogP contribution is -2.12. The van der Waals surface area contributed by atoms with Gasteiger partial charge in [-0.05, 0) is 24.5 Å². The van der Waals surface area contributed by atoms with E-state index in [1.165, 1.54) is 0 Å². The second kappa shape index (κ2) is 8.41. The van der Waals surface area contributed by atoms with Crippen LogP contribution in [-0.2, 0) is 11.2 Å². The highest BCUT2D eigenvalue weighted by Gasteiger charge is 2.14. The molecule has 0 saturated carbocycles. The molecule has 22 heavy (non-hydrogen) atoms. The summed E-state index contributed by atoms with van der Waals surface area (Å²) >= 11 is 0. The number of hydrogen-bond donors (Lipinski definition) is 1. The minimum Gasteiger partial charge on any atom is -0.434 e. The molecule has 0 aromatic carbocycles. The molecule has 2 heterocycles. The maximum atomic E-state index is 11.8. The Kier molecular flexibility index (Phi) is 6.25. The Balaban J connectivity index is 1.98. The summed E-state index contributed by atoms with van der Waals surface area (Å²) in [6, 6.07) is 1.87. The van der Waals surface area contributed by atoms with E-state index in [9.17, 15) is 4.79 Å². The van der Waals surface area contributed by atoms with Gasteiger partial charge in [0.1, 0.15) is 0 Å². The summed E-state index contributed by atoms with van der Waals surface area (Å²) in [5.74, 6) is 0.320. The van der Waals surface area contributed by atoms with Gasteiger partial charge in [0.15, 0.2) is 0 Å². The van der Waals surface area contributed by atoms with Gasteiger partial charge >= 0.3 is 6.16 Å². The van der Waals surface area contributed by atoms with E-state index in [4.69, 9.17) is 9.47 Å². The molecule has 0 unspecified atom stereocenters. The third-order valence-corrected chi connectivity index (χ3v) is 3.56. The SMILES string of the molecule is CCCCCCOC(=O)Oc1nccc2[nH]cc(CCC)c12. The van der Waals surface area contributed by atoms with Gasteiger partial charge in [-0.15, -0.1) is 0 Å². The topological polar surface area (TPSA) is 64.2 Å². The van der Waals surface area contributed by atoms with Gasteiger partial charge in [-0.2, -0.15) is 0 Å². The number of pyridine rings is 1. The van der Waals surface area contributed by atoms with Crippen molar-refractivity contribution < 1.29 is 14.3 Å². The van der Waals surface area contributed by atoms with Crippen LogP contribution in [0.5, 0.6) is 5.88 Å². The number of fused-ring (bicyclic) bond motifs is 1. The van der Waals surface area contributed by atoms with E-state index in [-0.39, 0.29) is 0 Å². The first-order valence-corrected chi connectivity index (χ1v) is 8.05. The zero-order valence-corrected chi connectivity index (χ0v) is 13.4. The lowest BCUT2D eigenvalue weighted by molar-refractivity contribution is 0.0963. The summed E-state index contributed by atoms with van der Waals surface area (Å²) in [7, 11) is 0. The number of aromatic nitrogens is 2. The quantitative estimate of drug-likeness (QED) is 0.571. The number of carbonyl (C=O) groups excluding carboxylic acids is 1. The summed E-state index contributed by atoms with van der Waals surface area (Å²) < 4.78 is 10.4. The lowest BCUT2D eigenvalue weighted by atomic mass is 10.1. The molecule has 0 spiro atoms. The Bertz CT molecular complexity index is 607. The van der Waals surface area contributed by atoms with Crippen molar-refractivity contribution in [3.63, 3.8) is 0 Å². The van der Waals surface area contributed by atoms with Crippen molar-refractivity contribution in [1.29, 1.82) is 0 Å². The zero-order valence-electron chi connectivity index (χ0n) is 13.4. The van der Waals surface area contributed by atoms with Crippen LogP contribution in [0.3, 0.4) is 0 Å². The molecule has 0 radical (unpaired) electrons. The largest absolute Gasteiger partial charge is 0.515 e. The molecule has 1 N–H and O–H groups in total. The summed E-state index contributed by atoms with van der Waals surface area (Å²) in [6.45, 7) is 4.65. The van der Waals surface area contributed by atoms with Crippen LogP contribution in [0.1, 0.15) is 51.5 Å². The number of nitrogens with one attached hydrogen (secondary N) is 1. The molecular weight excluding hydrogens is 280 g/mol. The average Bonchev–Trinajstić information content (AvgIpc) is 2.92. The first-order valence-electron chi connectivity index (χ1n) is 8.05. The molecule has 0 saturated heterocycles. The van der Waals surface area contributed by atoms with Crippen molar-refractivity contribution in [3.05, 3.63) is 24.0 Å². The fraction of sp³-hybridized carbons (Fsp3) is 0.529. The van der Waals surface area contributed by atoms with E-state index < -0.39 is 6.16 Å². The molecule has 5 heteroatoms. The first kappa shape index (κ1) is 16.3. The molecule has 0 fully saturated rings. The molecule has 0 amide bonds. The number of hydrogen-bond acceptors (Lipinski definition) is 4. The number of aryl methyl sites for hydroxylation is 1. The number of unbranched alkanes of at least 4 members (excludes halogenated alkanes) is 3. The summed E-state index contributed by atoms with van der Waals surface area (Å²) in [5.41, 5.74) is 2.03. The molecule has 0 aliphatic heterocycles. The van der Waals surface area contributed by atoms with E-state index in [1.54, 1.807) is 6.20 Å². The Morgan fingerprint density at radius 3 is 2.86 bits per heavy atom. The van der Waals surface area contributed by atoms with E-state index >= 15 is 0 Å². The second-order valence-electron chi connectivity index (χ2n) is 5.36. The van der Waals surface area contributed by atoms with Gasteiger partial charge in [0.25, 0.3) is 0 Å². The Morgan fingerprint density at radius 2 is 2.09 bits per heavy atom. The summed E-state index contributed by atoms with van der Waals surface area (Å²) in [4.78, 5) is 19.1. The van der Waals surface area contributed by atoms with Crippen molar-refractivity contribution in [2.24, 2.45) is 0 Å². The van der Waals surface area contributed by atoms with Crippen molar-refractivity contribution in [3.8, 4) is 5.88 Å². The smallest absolute Gasteiger partial charge is 0.434 e. The maximum absolute atomic E-state index is 11.8. The van der Waals surface area contributed by atoms with E-state index in [2.05, 4.69) is 23.8 Å². The molecule has 2 rings (SSSR count). The van der Waals surface area contributed by atoms with Crippen LogP contribution >= 0.6 is 0 Å². The van der Waals surface area contributed by atoms with Crippen molar-refractivity contribution in [2.75, 3.05) is 6.61 Å². The molecule has 5 nitrogen and oxygen atoms in total. The number of H-pyrrole nitrogens is 1. The first-order chi connectivity index (χ1) is 10.8. The second-order valence-corrected chi connectivity index (χ2v) is 5.36. The molecule has 120 valence electrons. The monoisotopic (exact) mass is 304 g/mol. The Labute approximate surface area is 131 Å². The third kappa shape index (κ3) is 4.23. The van der Waals surface area contributed by atoms with E-state index in [0.29, 0.717) is 12.5 Å². The molecular formula is C17H24N2O3. The number of ether oxygens (including phenoxy) is 2. The Morgan fingerprint density at radius 1 is 1.23 bits per heavy atom. The highest BCUT2D eigenvalue weighted by Crippen LogP contribution is 2.27. The third-order valence-electron chi connectivity index (χ3n) is 3.56. The number of carbonyl (C=O) groups is 1.